The molecule has 17 heavy (non-hydrogen) atoms. The summed E-state index contributed by atoms with van der Waals surface area (Å²) in [5, 5.41) is 0. The zero-order valence-electron chi connectivity index (χ0n) is 10.2. The Kier molecular flexibility index (Phi) is 4.21. The first-order valence-electron chi connectivity index (χ1n) is 5.44. The molecule has 0 atom stereocenters. The number of carbonyl (C=O) groups is 1. The minimum atomic E-state index is -3.58. The maximum atomic E-state index is 13.8. The zero-order chi connectivity index (χ0) is 13.1. The van der Waals surface area contributed by atoms with Gasteiger partial charge in [0.25, 0.3) is 0 Å². The van der Waals surface area contributed by atoms with E-state index in [1.54, 1.807) is 12.1 Å². The smallest absolute Gasteiger partial charge is 0.381 e. The van der Waals surface area contributed by atoms with E-state index in [4.69, 9.17) is 0 Å². The second-order valence-corrected chi connectivity index (χ2v) is 4.32. The molecule has 94 valence electrons. The molecule has 0 spiro atoms. The quantitative estimate of drug-likeness (QED) is 0.758. The fourth-order valence-corrected chi connectivity index (χ4v) is 1.68. The Hall–Kier alpha value is -1.45. The van der Waals surface area contributed by atoms with Crippen molar-refractivity contribution in [3.8, 4) is 0 Å². The Morgan fingerprint density at radius 2 is 1.94 bits per heavy atom. The SMILES string of the molecule is COC(=O)C(F)(F)c1ccccc1CC(C)C. The summed E-state index contributed by atoms with van der Waals surface area (Å²) in [6.07, 6.45) is 0.503. The molecular formula is C13H16F2O2. The minimum absolute atomic E-state index is 0.240. The molecule has 0 unspecified atom stereocenters. The van der Waals surface area contributed by atoms with Gasteiger partial charge in [-0.05, 0) is 17.9 Å². The van der Waals surface area contributed by atoms with Crippen molar-refractivity contribution in [2.24, 2.45) is 5.92 Å². The van der Waals surface area contributed by atoms with Crippen molar-refractivity contribution in [1.29, 1.82) is 0 Å². The van der Waals surface area contributed by atoms with Crippen LogP contribution >= 0.6 is 0 Å². The van der Waals surface area contributed by atoms with Gasteiger partial charge < -0.3 is 4.74 Å². The lowest BCUT2D eigenvalue weighted by molar-refractivity contribution is -0.170. The molecule has 0 bridgehead atoms. The average molecular weight is 242 g/mol. The largest absolute Gasteiger partial charge is 0.464 e. The monoisotopic (exact) mass is 242 g/mol. The van der Waals surface area contributed by atoms with E-state index in [0.29, 0.717) is 12.0 Å². The summed E-state index contributed by atoms with van der Waals surface area (Å²) in [7, 11) is 0.960. The van der Waals surface area contributed by atoms with Crippen molar-refractivity contribution >= 4 is 5.97 Å². The molecule has 0 amide bonds. The van der Waals surface area contributed by atoms with Crippen LogP contribution in [-0.2, 0) is 21.9 Å². The third kappa shape index (κ3) is 3.02. The van der Waals surface area contributed by atoms with Gasteiger partial charge in [0, 0.05) is 5.56 Å². The van der Waals surface area contributed by atoms with Crippen LogP contribution in [0.2, 0.25) is 0 Å². The van der Waals surface area contributed by atoms with E-state index in [2.05, 4.69) is 4.74 Å². The van der Waals surface area contributed by atoms with E-state index in [1.165, 1.54) is 12.1 Å². The maximum Gasteiger partial charge on any atom is 0.381 e. The summed E-state index contributed by atoms with van der Waals surface area (Å²) in [5.41, 5.74) is 0.221. The Bertz CT molecular complexity index is 400. The fourth-order valence-electron chi connectivity index (χ4n) is 1.68. The van der Waals surface area contributed by atoms with Gasteiger partial charge in [0.1, 0.15) is 0 Å². The van der Waals surface area contributed by atoms with Gasteiger partial charge in [0.05, 0.1) is 7.11 Å². The normalized spacial score (nSPS) is 11.6. The van der Waals surface area contributed by atoms with Gasteiger partial charge in [0.15, 0.2) is 0 Å². The molecule has 0 aromatic heterocycles. The summed E-state index contributed by atoms with van der Waals surface area (Å²) < 4.78 is 31.7. The number of benzene rings is 1. The van der Waals surface area contributed by atoms with Crippen molar-refractivity contribution < 1.29 is 18.3 Å². The predicted octanol–water partition coefficient (Wildman–Crippen LogP) is 3.15. The summed E-state index contributed by atoms with van der Waals surface area (Å²) in [6.45, 7) is 3.88. The number of halogens is 2. The second-order valence-electron chi connectivity index (χ2n) is 4.32. The van der Waals surface area contributed by atoms with Gasteiger partial charge in [0.2, 0.25) is 0 Å². The van der Waals surface area contributed by atoms with Crippen molar-refractivity contribution in [1.82, 2.24) is 0 Å². The third-order valence-electron chi connectivity index (χ3n) is 2.43. The number of rotatable bonds is 4. The van der Waals surface area contributed by atoms with E-state index in [1.807, 2.05) is 13.8 Å². The highest BCUT2D eigenvalue weighted by molar-refractivity contribution is 5.79. The molecular weight excluding hydrogens is 226 g/mol. The van der Waals surface area contributed by atoms with E-state index < -0.39 is 11.9 Å². The Morgan fingerprint density at radius 3 is 2.47 bits per heavy atom. The lowest BCUT2D eigenvalue weighted by Crippen LogP contribution is -2.28. The lowest BCUT2D eigenvalue weighted by Gasteiger charge is -2.18. The summed E-state index contributed by atoms with van der Waals surface area (Å²) in [5.74, 6) is -4.86. The van der Waals surface area contributed by atoms with Crippen LogP contribution in [0.1, 0.15) is 25.0 Å². The topological polar surface area (TPSA) is 26.3 Å². The number of hydrogen-bond donors (Lipinski definition) is 0. The van der Waals surface area contributed by atoms with Crippen LogP contribution < -0.4 is 0 Å². The molecule has 4 heteroatoms. The van der Waals surface area contributed by atoms with Gasteiger partial charge in [-0.1, -0.05) is 38.1 Å². The highest BCUT2D eigenvalue weighted by Crippen LogP contribution is 2.32. The van der Waals surface area contributed by atoms with Crippen molar-refractivity contribution in [3.63, 3.8) is 0 Å². The number of hydrogen-bond acceptors (Lipinski definition) is 2. The first kappa shape index (κ1) is 13.6. The number of alkyl halides is 2. The van der Waals surface area contributed by atoms with E-state index in [9.17, 15) is 13.6 Å². The molecule has 0 aliphatic carbocycles. The molecule has 0 radical (unpaired) electrons. The molecule has 0 aliphatic rings. The first-order valence-corrected chi connectivity index (χ1v) is 5.44. The summed E-state index contributed by atoms with van der Waals surface area (Å²) in [6, 6.07) is 6.07. The molecule has 0 saturated carbocycles. The van der Waals surface area contributed by atoms with Crippen molar-refractivity contribution in [2.45, 2.75) is 26.2 Å². The number of ether oxygens (including phenoxy) is 1. The third-order valence-corrected chi connectivity index (χ3v) is 2.43. The van der Waals surface area contributed by atoms with Crippen molar-refractivity contribution in [3.05, 3.63) is 35.4 Å². The predicted molar refractivity (Wildman–Crippen MR) is 60.9 cm³/mol. The Morgan fingerprint density at radius 1 is 1.35 bits per heavy atom. The van der Waals surface area contributed by atoms with Crippen LogP contribution in [0.25, 0.3) is 0 Å². The molecule has 0 N–H and O–H groups in total. The molecule has 0 aliphatic heterocycles. The highest BCUT2D eigenvalue weighted by Gasteiger charge is 2.43. The average Bonchev–Trinajstić information content (AvgIpc) is 2.27. The van der Waals surface area contributed by atoms with Crippen LogP contribution in [0.5, 0.6) is 0 Å². The molecule has 0 saturated heterocycles. The minimum Gasteiger partial charge on any atom is -0.464 e. The van der Waals surface area contributed by atoms with Crippen LogP contribution in [-0.4, -0.2) is 13.1 Å². The number of carbonyl (C=O) groups excluding carboxylic acids is 1. The molecule has 1 rings (SSSR count). The van der Waals surface area contributed by atoms with E-state index >= 15 is 0 Å². The molecule has 0 heterocycles. The summed E-state index contributed by atoms with van der Waals surface area (Å²) >= 11 is 0. The van der Waals surface area contributed by atoms with E-state index in [0.717, 1.165) is 7.11 Å². The lowest BCUT2D eigenvalue weighted by atomic mass is 9.94. The number of esters is 1. The molecule has 0 fully saturated rings. The van der Waals surface area contributed by atoms with Gasteiger partial charge >= 0.3 is 11.9 Å². The van der Waals surface area contributed by atoms with Crippen LogP contribution in [0.15, 0.2) is 24.3 Å². The van der Waals surface area contributed by atoms with Gasteiger partial charge in [-0.3, -0.25) is 0 Å². The highest BCUT2D eigenvalue weighted by atomic mass is 19.3. The van der Waals surface area contributed by atoms with Gasteiger partial charge in [-0.15, -0.1) is 0 Å². The Balaban J connectivity index is 3.16. The number of methoxy groups -OCH3 is 1. The molecule has 1 aromatic carbocycles. The van der Waals surface area contributed by atoms with E-state index in [-0.39, 0.29) is 11.5 Å². The molecule has 2 nitrogen and oxygen atoms in total. The standard InChI is InChI=1S/C13H16F2O2/c1-9(2)8-10-6-4-5-7-11(10)13(14,15)12(16)17-3/h4-7,9H,8H2,1-3H3. The van der Waals surface area contributed by atoms with Crippen LogP contribution in [0.3, 0.4) is 0 Å². The van der Waals surface area contributed by atoms with Crippen LogP contribution in [0.4, 0.5) is 8.78 Å². The fraction of sp³-hybridized carbons (Fsp3) is 0.462. The van der Waals surface area contributed by atoms with Crippen LogP contribution in [0, 0.1) is 5.92 Å². The first-order chi connectivity index (χ1) is 7.89. The Labute approximate surface area is 99.6 Å². The van der Waals surface area contributed by atoms with Gasteiger partial charge in [-0.2, -0.15) is 8.78 Å². The second kappa shape index (κ2) is 5.25. The zero-order valence-corrected chi connectivity index (χ0v) is 10.2. The summed E-state index contributed by atoms with van der Waals surface area (Å²) in [4.78, 5) is 11.1. The maximum absolute atomic E-state index is 13.8. The van der Waals surface area contributed by atoms with Gasteiger partial charge in [-0.25, -0.2) is 4.79 Å². The van der Waals surface area contributed by atoms with Crippen molar-refractivity contribution in [2.75, 3.05) is 7.11 Å². The molecule has 1 aromatic rings.